The summed E-state index contributed by atoms with van der Waals surface area (Å²) < 4.78 is 37.9. The van der Waals surface area contributed by atoms with Crippen molar-refractivity contribution < 1.29 is 16.7 Å². The Morgan fingerprint density at radius 2 is 2.20 bits per heavy atom. The second-order valence-corrected chi connectivity index (χ2v) is 7.61. The van der Waals surface area contributed by atoms with Crippen LogP contribution in [0.5, 0.6) is 0 Å². The molecule has 0 heterocycles. The zero-order valence-electron chi connectivity index (χ0n) is 11.3. The van der Waals surface area contributed by atoms with Gasteiger partial charge in [0.15, 0.2) is 0 Å². The van der Waals surface area contributed by atoms with Gasteiger partial charge < -0.3 is 5.73 Å². The van der Waals surface area contributed by atoms with E-state index in [1.165, 1.54) is 31.3 Å². The maximum Gasteiger partial charge on any atom is 0.301 e. The van der Waals surface area contributed by atoms with E-state index >= 15 is 0 Å². The standard InChI is InChI=1S/C13H17FN2O2S2/c1-3-7-16(2,9-13(15)19)20(17,18)10-11-5-4-6-12(14)8-11/h3-6,8H,1,7,9-10H2,2H3,(H-,15,19)/p+1. The first-order chi connectivity index (χ1) is 9.20. The van der Waals surface area contributed by atoms with Crippen molar-refractivity contribution in [3.8, 4) is 0 Å². The van der Waals surface area contributed by atoms with Gasteiger partial charge in [0, 0.05) is 0 Å². The van der Waals surface area contributed by atoms with Gasteiger partial charge in [0.25, 0.3) is 0 Å². The van der Waals surface area contributed by atoms with E-state index in [0.717, 1.165) is 0 Å². The average molecular weight is 317 g/mol. The molecule has 0 saturated heterocycles. The molecule has 0 saturated carbocycles. The summed E-state index contributed by atoms with van der Waals surface area (Å²) in [7, 11) is -2.09. The van der Waals surface area contributed by atoms with Gasteiger partial charge in [-0.15, -0.1) is 0 Å². The minimum atomic E-state index is -3.62. The minimum absolute atomic E-state index is 0.0129. The Labute approximate surface area is 124 Å². The lowest BCUT2D eigenvalue weighted by molar-refractivity contribution is -0.767. The fraction of sp³-hybridized carbons (Fsp3) is 0.308. The van der Waals surface area contributed by atoms with E-state index in [1.807, 2.05) is 0 Å². The number of quaternary nitrogens is 1. The van der Waals surface area contributed by atoms with E-state index in [-0.39, 0.29) is 27.7 Å². The fourth-order valence-corrected chi connectivity index (χ4v) is 3.82. The molecule has 0 aromatic heterocycles. The first-order valence-corrected chi connectivity index (χ1v) is 7.93. The lowest BCUT2D eigenvalue weighted by Crippen LogP contribution is -2.53. The van der Waals surface area contributed by atoms with Crippen LogP contribution >= 0.6 is 12.2 Å². The second kappa shape index (κ2) is 6.43. The van der Waals surface area contributed by atoms with Crippen LogP contribution in [0.25, 0.3) is 0 Å². The molecule has 0 radical (unpaired) electrons. The van der Waals surface area contributed by atoms with Crippen LogP contribution in [0.15, 0.2) is 36.9 Å². The van der Waals surface area contributed by atoms with E-state index in [0.29, 0.717) is 5.56 Å². The third kappa shape index (κ3) is 4.09. The smallest absolute Gasteiger partial charge is 0.301 e. The summed E-state index contributed by atoms with van der Waals surface area (Å²) in [4.78, 5) is 0.108. The number of thiocarbonyl (C=S) groups is 1. The van der Waals surface area contributed by atoms with E-state index in [9.17, 15) is 12.8 Å². The van der Waals surface area contributed by atoms with Gasteiger partial charge in [-0.25, -0.2) is 8.28 Å². The summed E-state index contributed by atoms with van der Waals surface area (Å²) in [6.07, 6.45) is 1.50. The minimum Gasteiger partial charge on any atom is -0.389 e. The second-order valence-electron chi connectivity index (χ2n) is 4.75. The van der Waals surface area contributed by atoms with E-state index in [1.54, 1.807) is 6.07 Å². The fourth-order valence-electron chi connectivity index (χ4n) is 1.87. The van der Waals surface area contributed by atoms with Gasteiger partial charge in [0.05, 0.1) is 7.05 Å². The van der Waals surface area contributed by atoms with Gasteiger partial charge >= 0.3 is 10.0 Å². The highest BCUT2D eigenvalue weighted by Gasteiger charge is 2.37. The summed E-state index contributed by atoms with van der Waals surface area (Å²) in [5.74, 6) is -0.748. The number of rotatable bonds is 7. The molecule has 1 unspecified atom stereocenters. The molecule has 4 nitrogen and oxygen atoms in total. The summed E-state index contributed by atoms with van der Waals surface area (Å²) in [6, 6.07) is 5.52. The van der Waals surface area contributed by atoms with Crippen LogP contribution in [0.3, 0.4) is 0 Å². The van der Waals surface area contributed by atoms with E-state index in [2.05, 4.69) is 6.58 Å². The van der Waals surface area contributed by atoms with Crippen LogP contribution in [0.2, 0.25) is 0 Å². The molecule has 0 aliphatic rings. The Morgan fingerprint density at radius 3 is 2.70 bits per heavy atom. The van der Waals surface area contributed by atoms with Crippen LogP contribution < -0.4 is 5.73 Å². The normalized spacial score (nSPS) is 14.5. The molecular weight excluding hydrogens is 299 g/mol. The van der Waals surface area contributed by atoms with Crippen molar-refractivity contribution in [2.75, 3.05) is 20.1 Å². The van der Waals surface area contributed by atoms with Crippen molar-refractivity contribution in [3.05, 3.63) is 48.3 Å². The predicted molar refractivity (Wildman–Crippen MR) is 81.9 cm³/mol. The van der Waals surface area contributed by atoms with Crippen LogP contribution in [-0.4, -0.2) is 37.4 Å². The molecule has 0 fully saturated rings. The zero-order valence-corrected chi connectivity index (χ0v) is 12.9. The summed E-state index contributed by atoms with van der Waals surface area (Å²) in [5, 5.41) is 0. The molecule has 0 aliphatic carbocycles. The number of nitrogens with two attached hydrogens (primary N) is 1. The molecule has 0 aliphatic heterocycles. The number of benzene rings is 1. The molecule has 1 aromatic rings. The monoisotopic (exact) mass is 317 g/mol. The lowest BCUT2D eigenvalue weighted by Gasteiger charge is -2.31. The van der Waals surface area contributed by atoms with Crippen molar-refractivity contribution in [2.24, 2.45) is 5.73 Å². The average Bonchev–Trinajstić information content (AvgIpc) is 2.27. The lowest BCUT2D eigenvalue weighted by atomic mass is 10.2. The Hall–Kier alpha value is -1.31. The van der Waals surface area contributed by atoms with Gasteiger partial charge in [-0.3, -0.25) is 0 Å². The number of likely N-dealkylation sites (N-methyl/N-ethyl adjacent to an activating group) is 1. The van der Waals surface area contributed by atoms with Crippen molar-refractivity contribution in [1.82, 2.24) is 0 Å². The number of hydrogen-bond donors (Lipinski definition) is 1. The summed E-state index contributed by atoms with van der Waals surface area (Å²) in [5.41, 5.74) is 5.87. The van der Waals surface area contributed by atoms with Gasteiger partial charge in [0.2, 0.25) is 0 Å². The molecule has 0 spiro atoms. The highest BCUT2D eigenvalue weighted by Crippen LogP contribution is 2.18. The first-order valence-electron chi connectivity index (χ1n) is 5.91. The molecule has 1 rings (SSSR count). The largest absolute Gasteiger partial charge is 0.389 e. The molecule has 1 aromatic carbocycles. The molecule has 20 heavy (non-hydrogen) atoms. The van der Waals surface area contributed by atoms with Gasteiger partial charge in [-0.1, -0.05) is 30.9 Å². The van der Waals surface area contributed by atoms with Crippen LogP contribution in [0.1, 0.15) is 5.56 Å². The summed E-state index contributed by atoms with van der Waals surface area (Å²) >= 11 is 4.82. The maximum atomic E-state index is 13.1. The summed E-state index contributed by atoms with van der Waals surface area (Å²) in [6.45, 7) is 3.75. The van der Waals surface area contributed by atoms with Crippen molar-refractivity contribution >= 4 is 27.2 Å². The predicted octanol–water partition coefficient (Wildman–Crippen LogP) is 1.57. The Balaban J connectivity index is 3.11. The topological polar surface area (TPSA) is 60.2 Å². The van der Waals surface area contributed by atoms with E-state index < -0.39 is 15.8 Å². The number of nitrogens with zero attached hydrogens (tertiary/aromatic N) is 1. The van der Waals surface area contributed by atoms with Gasteiger partial charge in [-0.2, -0.15) is 8.42 Å². The van der Waals surface area contributed by atoms with Gasteiger partial charge in [-0.05, 0) is 23.8 Å². The van der Waals surface area contributed by atoms with Gasteiger partial charge in [0.1, 0.15) is 29.6 Å². The highest BCUT2D eigenvalue weighted by molar-refractivity contribution is 7.85. The molecule has 0 bridgehead atoms. The van der Waals surface area contributed by atoms with Crippen molar-refractivity contribution in [1.29, 1.82) is 0 Å². The molecule has 0 amide bonds. The Bertz CT molecular complexity index is 617. The quantitative estimate of drug-likeness (QED) is 0.471. The molecular formula is C13H18FN2O2S2+. The Morgan fingerprint density at radius 1 is 1.55 bits per heavy atom. The first kappa shape index (κ1) is 16.7. The Kier molecular flexibility index (Phi) is 5.38. The maximum absolute atomic E-state index is 13.1. The molecule has 110 valence electrons. The number of halogens is 1. The molecule has 7 heteroatoms. The molecule has 2 N–H and O–H groups in total. The highest BCUT2D eigenvalue weighted by atomic mass is 32.2. The molecule has 1 atom stereocenters. The van der Waals surface area contributed by atoms with Crippen molar-refractivity contribution in [3.63, 3.8) is 0 Å². The zero-order chi connectivity index (χ0) is 15.4. The third-order valence-electron chi connectivity index (χ3n) is 2.92. The van der Waals surface area contributed by atoms with Crippen LogP contribution in [0.4, 0.5) is 4.39 Å². The number of sulfonamides is 1. The van der Waals surface area contributed by atoms with E-state index in [4.69, 9.17) is 18.0 Å². The van der Waals surface area contributed by atoms with Crippen LogP contribution in [0, 0.1) is 5.82 Å². The van der Waals surface area contributed by atoms with Crippen LogP contribution in [-0.2, 0) is 15.8 Å². The SMILES string of the molecule is C=CC[N+](C)(CC(N)=S)S(=O)(=O)Cc1cccc(F)c1. The van der Waals surface area contributed by atoms with Crippen molar-refractivity contribution in [2.45, 2.75) is 5.75 Å². The third-order valence-corrected chi connectivity index (χ3v) is 5.36. The number of hydrogen-bond acceptors (Lipinski definition) is 3.